The molecular formula is C8H12F4. The highest BCUT2D eigenvalue weighted by Crippen LogP contribution is 1.90. The van der Waals surface area contributed by atoms with Gasteiger partial charge in [0.05, 0.1) is 11.7 Å². The van der Waals surface area contributed by atoms with Gasteiger partial charge in [-0.2, -0.15) is 0 Å². The Morgan fingerprint density at radius 1 is 0.917 bits per heavy atom. The summed E-state index contributed by atoms with van der Waals surface area (Å²) in [6.45, 7) is 1.00. The molecule has 0 rings (SSSR count). The van der Waals surface area contributed by atoms with E-state index in [2.05, 4.69) is 0 Å². The number of halogens is 4. The Morgan fingerprint density at radius 2 is 1.17 bits per heavy atom. The fourth-order valence-electron chi connectivity index (χ4n) is 0.213. The molecule has 0 N–H and O–H groups in total. The van der Waals surface area contributed by atoms with Crippen LogP contribution < -0.4 is 0 Å². The van der Waals surface area contributed by atoms with Gasteiger partial charge in [0.1, 0.15) is 13.3 Å². The van der Waals surface area contributed by atoms with Crippen molar-refractivity contribution in [1.29, 1.82) is 0 Å². The minimum Gasteiger partial charge on any atom is -0.246 e. The van der Waals surface area contributed by atoms with Gasteiger partial charge in [0.25, 0.3) is 0 Å². The van der Waals surface area contributed by atoms with Gasteiger partial charge in [-0.3, -0.25) is 0 Å². The van der Waals surface area contributed by atoms with Gasteiger partial charge in [0, 0.05) is 0 Å². The predicted molar refractivity (Wildman–Crippen MR) is 41.7 cm³/mol. The molecule has 0 unspecified atom stereocenters. The number of rotatable bonds is 2. The molecule has 0 aliphatic carbocycles. The van der Waals surface area contributed by atoms with Crippen molar-refractivity contribution in [3.05, 3.63) is 23.8 Å². The van der Waals surface area contributed by atoms with E-state index in [1.165, 1.54) is 13.8 Å². The molecule has 0 aromatic heterocycles. The van der Waals surface area contributed by atoms with Crippen LogP contribution in [0, 0.1) is 0 Å². The van der Waals surface area contributed by atoms with Crippen molar-refractivity contribution in [3.8, 4) is 0 Å². The molecule has 0 saturated heterocycles. The Labute approximate surface area is 69.6 Å². The Bertz CT molecular complexity index is 123. The number of alkyl halides is 2. The molecule has 0 radical (unpaired) electrons. The summed E-state index contributed by atoms with van der Waals surface area (Å²) < 4.78 is 44.5. The lowest BCUT2D eigenvalue weighted by atomic mass is 10.5. The third kappa shape index (κ3) is 22.9. The second-order valence-electron chi connectivity index (χ2n) is 1.89. The maximum Gasteiger partial charge on any atom is 0.110 e. The van der Waals surface area contributed by atoms with Crippen LogP contribution in [-0.2, 0) is 0 Å². The molecule has 0 aromatic carbocycles. The summed E-state index contributed by atoms with van der Waals surface area (Å²) in [5.41, 5.74) is 0. The van der Waals surface area contributed by atoms with Gasteiger partial charge in [-0.05, 0) is 26.0 Å². The minimum absolute atomic E-state index is 0.461. The van der Waals surface area contributed by atoms with Gasteiger partial charge in [-0.1, -0.05) is 0 Å². The van der Waals surface area contributed by atoms with E-state index in [0.29, 0.717) is 0 Å². The quantitative estimate of drug-likeness (QED) is 0.574. The van der Waals surface area contributed by atoms with Crippen LogP contribution in [0.4, 0.5) is 17.6 Å². The molecule has 0 amide bonds. The molecule has 0 nitrogen and oxygen atoms in total. The molecular weight excluding hydrogens is 172 g/mol. The van der Waals surface area contributed by atoms with E-state index in [0.717, 1.165) is 12.2 Å². The first-order valence-electron chi connectivity index (χ1n) is 3.31. The number of hydrogen-bond donors (Lipinski definition) is 0. The van der Waals surface area contributed by atoms with E-state index in [9.17, 15) is 17.6 Å². The summed E-state index contributed by atoms with van der Waals surface area (Å²) in [6.07, 6.45) is 1.75. The normalized spacial score (nSPS) is 12.2. The highest BCUT2D eigenvalue weighted by Gasteiger charge is 1.75. The molecule has 0 aliphatic heterocycles. The van der Waals surface area contributed by atoms with Crippen LogP contribution in [0.15, 0.2) is 23.8 Å². The summed E-state index contributed by atoms with van der Waals surface area (Å²) in [5.74, 6) is -0.921. The standard InChI is InChI=1S/2C4H6F2/c2*1-4(6)2-3-5/h2*2H,3H2,1H3. The van der Waals surface area contributed by atoms with E-state index >= 15 is 0 Å². The molecule has 12 heavy (non-hydrogen) atoms. The van der Waals surface area contributed by atoms with Gasteiger partial charge >= 0.3 is 0 Å². The van der Waals surface area contributed by atoms with Gasteiger partial charge in [-0.25, -0.2) is 17.6 Å². The van der Waals surface area contributed by atoms with E-state index in [1.54, 1.807) is 0 Å². The Hall–Kier alpha value is -0.800. The summed E-state index contributed by atoms with van der Waals surface area (Å²) >= 11 is 0. The van der Waals surface area contributed by atoms with Crippen molar-refractivity contribution in [2.75, 3.05) is 13.3 Å². The van der Waals surface area contributed by atoms with Gasteiger partial charge < -0.3 is 0 Å². The zero-order chi connectivity index (χ0) is 9.98. The molecule has 0 spiro atoms. The third-order valence-corrected chi connectivity index (χ3v) is 0.717. The average molecular weight is 184 g/mol. The van der Waals surface area contributed by atoms with Crippen LogP contribution in [-0.4, -0.2) is 13.3 Å². The molecule has 0 fully saturated rings. The molecule has 0 atom stereocenters. The van der Waals surface area contributed by atoms with E-state index in [-0.39, 0.29) is 0 Å². The van der Waals surface area contributed by atoms with E-state index in [4.69, 9.17) is 0 Å². The maximum absolute atomic E-state index is 11.3. The lowest BCUT2D eigenvalue weighted by molar-refractivity contribution is 0.542. The minimum atomic E-state index is -0.706. The highest BCUT2D eigenvalue weighted by atomic mass is 19.1. The first-order chi connectivity index (χ1) is 5.54. The summed E-state index contributed by atoms with van der Waals surface area (Å²) in [6, 6.07) is 0. The summed E-state index contributed by atoms with van der Waals surface area (Å²) in [5, 5.41) is 0. The van der Waals surface area contributed by atoms with Crippen LogP contribution >= 0.6 is 0 Å². The van der Waals surface area contributed by atoms with Crippen LogP contribution in [0.5, 0.6) is 0 Å². The molecule has 72 valence electrons. The average Bonchev–Trinajstić information content (AvgIpc) is 1.87. The van der Waals surface area contributed by atoms with Crippen LogP contribution in [0.3, 0.4) is 0 Å². The van der Waals surface area contributed by atoms with Crippen molar-refractivity contribution in [3.63, 3.8) is 0 Å². The number of allylic oxidation sites excluding steroid dienone is 4. The van der Waals surface area contributed by atoms with Crippen molar-refractivity contribution < 1.29 is 17.6 Å². The molecule has 0 heterocycles. The van der Waals surface area contributed by atoms with Crippen LogP contribution in [0.2, 0.25) is 0 Å². The van der Waals surface area contributed by atoms with Crippen molar-refractivity contribution >= 4 is 0 Å². The van der Waals surface area contributed by atoms with E-state index in [1.807, 2.05) is 0 Å². The van der Waals surface area contributed by atoms with Gasteiger partial charge in [-0.15, -0.1) is 0 Å². The SMILES string of the molecule is CC(F)=CCF.CC(F)=CCF. The predicted octanol–water partition coefficient (Wildman–Crippen LogP) is 3.66. The van der Waals surface area contributed by atoms with Crippen molar-refractivity contribution in [2.24, 2.45) is 0 Å². The topological polar surface area (TPSA) is 0 Å². The van der Waals surface area contributed by atoms with Crippen molar-refractivity contribution in [2.45, 2.75) is 13.8 Å². The monoisotopic (exact) mass is 184 g/mol. The lowest BCUT2D eigenvalue weighted by Crippen LogP contribution is -1.62. The smallest absolute Gasteiger partial charge is 0.110 e. The summed E-state index contributed by atoms with van der Waals surface area (Å²) in [7, 11) is 0. The Morgan fingerprint density at radius 3 is 1.17 bits per heavy atom. The molecule has 0 aliphatic rings. The lowest BCUT2D eigenvalue weighted by Gasteiger charge is -1.73. The van der Waals surface area contributed by atoms with Gasteiger partial charge in [0.15, 0.2) is 0 Å². The summed E-state index contributed by atoms with van der Waals surface area (Å²) in [4.78, 5) is 0. The molecule has 0 saturated carbocycles. The zero-order valence-electron chi connectivity index (χ0n) is 7.08. The third-order valence-electron chi connectivity index (χ3n) is 0.717. The van der Waals surface area contributed by atoms with Crippen LogP contribution in [0.1, 0.15) is 13.8 Å². The Balaban J connectivity index is 0. The second kappa shape index (κ2) is 10.2. The Kier molecular flexibility index (Phi) is 11.7. The largest absolute Gasteiger partial charge is 0.246 e. The molecule has 0 bridgehead atoms. The van der Waals surface area contributed by atoms with Crippen LogP contribution in [0.25, 0.3) is 0 Å². The fraction of sp³-hybridized carbons (Fsp3) is 0.500. The maximum atomic E-state index is 11.3. The number of hydrogen-bond acceptors (Lipinski definition) is 0. The zero-order valence-corrected chi connectivity index (χ0v) is 7.08. The van der Waals surface area contributed by atoms with Gasteiger partial charge in [0.2, 0.25) is 0 Å². The second-order valence-corrected chi connectivity index (χ2v) is 1.89. The fourth-order valence-corrected chi connectivity index (χ4v) is 0.213. The first-order valence-corrected chi connectivity index (χ1v) is 3.31. The van der Waals surface area contributed by atoms with Crippen molar-refractivity contribution in [1.82, 2.24) is 0 Å². The molecule has 0 aromatic rings. The first kappa shape index (κ1) is 13.8. The van der Waals surface area contributed by atoms with E-state index < -0.39 is 25.0 Å². The molecule has 4 heteroatoms. The highest BCUT2D eigenvalue weighted by molar-refractivity contribution is 4.85.